The van der Waals surface area contributed by atoms with Gasteiger partial charge in [0.25, 0.3) is 11.6 Å². The highest BCUT2D eigenvalue weighted by molar-refractivity contribution is 7.22. The first-order valence-electron chi connectivity index (χ1n) is 11.4. The molecule has 36 heavy (non-hydrogen) atoms. The molecule has 2 N–H and O–H groups in total. The number of nitrogens with zero attached hydrogens (tertiary/aromatic N) is 2. The van der Waals surface area contributed by atoms with Crippen molar-refractivity contribution in [2.45, 2.75) is 39.5 Å². The van der Waals surface area contributed by atoms with Crippen molar-refractivity contribution in [3.8, 4) is 0 Å². The summed E-state index contributed by atoms with van der Waals surface area (Å²) in [6, 6.07) is 12.0. The number of nitro benzene ring substituents is 1. The van der Waals surface area contributed by atoms with Gasteiger partial charge in [-0.1, -0.05) is 55.0 Å². The van der Waals surface area contributed by atoms with E-state index in [0.717, 1.165) is 15.9 Å². The second-order valence-corrected chi connectivity index (χ2v) is 11.3. The molecular formula is C26H23ClN4O4S. The molecule has 1 aliphatic heterocycles. The number of rotatable bonds is 4. The first-order chi connectivity index (χ1) is 17.0. The highest BCUT2D eigenvalue weighted by Gasteiger charge is 2.43. The topological polar surface area (TPSA) is 114 Å². The Morgan fingerprint density at radius 3 is 2.72 bits per heavy atom. The smallest absolute Gasteiger partial charge is 0.288 e. The summed E-state index contributed by atoms with van der Waals surface area (Å²) in [5.41, 5.74) is 2.81. The van der Waals surface area contributed by atoms with Crippen molar-refractivity contribution in [1.82, 2.24) is 10.3 Å². The molecule has 1 aromatic heterocycles. The molecule has 184 valence electrons. The van der Waals surface area contributed by atoms with E-state index in [4.69, 9.17) is 11.6 Å². The summed E-state index contributed by atoms with van der Waals surface area (Å²) in [7, 11) is 0. The summed E-state index contributed by atoms with van der Waals surface area (Å²) >= 11 is 7.42. The van der Waals surface area contributed by atoms with Crippen LogP contribution in [-0.4, -0.2) is 21.6 Å². The van der Waals surface area contributed by atoms with E-state index in [2.05, 4.69) is 15.6 Å². The molecule has 0 radical (unpaired) electrons. The number of fused-ring (bicyclic) bond motifs is 1. The molecule has 1 aliphatic carbocycles. The maximum atomic E-state index is 13.7. The molecule has 0 fully saturated rings. The number of nitro groups is 1. The number of aromatic nitrogens is 1. The summed E-state index contributed by atoms with van der Waals surface area (Å²) < 4.78 is 0.930. The standard InChI is InChI=1S/C26H23ClN4O4S/c1-13-21(24(33)30-25-29-16-6-4-5-7-20(16)36-25)22(14-8-9-15(27)18(10-14)31(34)35)23-17(28-13)11-26(2,3)12-19(23)32/h4-10,22,28H,11-12H2,1-3H3,(H,29,30,33)/t22-/m0/s1. The molecule has 0 saturated carbocycles. The van der Waals surface area contributed by atoms with Crippen LogP contribution in [0, 0.1) is 15.5 Å². The Bertz CT molecular complexity index is 1490. The normalized spacial score (nSPS) is 19.2. The molecular weight excluding hydrogens is 500 g/mol. The highest BCUT2D eigenvalue weighted by atomic mass is 35.5. The van der Waals surface area contributed by atoms with Crippen LogP contribution in [0.15, 0.2) is 65.0 Å². The van der Waals surface area contributed by atoms with Crippen molar-refractivity contribution in [2.24, 2.45) is 5.41 Å². The number of hydrogen-bond donors (Lipinski definition) is 2. The predicted octanol–water partition coefficient (Wildman–Crippen LogP) is 6.10. The minimum absolute atomic E-state index is 0.0100. The van der Waals surface area contributed by atoms with E-state index in [-0.39, 0.29) is 21.9 Å². The van der Waals surface area contributed by atoms with Crippen LogP contribution >= 0.6 is 22.9 Å². The van der Waals surface area contributed by atoms with Crippen LogP contribution in [0.2, 0.25) is 5.02 Å². The van der Waals surface area contributed by atoms with Gasteiger partial charge in [-0.2, -0.15) is 0 Å². The average Bonchev–Trinajstić information content (AvgIpc) is 3.19. The van der Waals surface area contributed by atoms with Crippen molar-refractivity contribution >= 4 is 55.7 Å². The average molecular weight is 523 g/mol. The van der Waals surface area contributed by atoms with Crippen LogP contribution in [0.5, 0.6) is 0 Å². The fourth-order valence-electron chi connectivity index (χ4n) is 5.01. The highest BCUT2D eigenvalue weighted by Crippen LogP contribution is 2.47. The monoisotopic (exact) mass is 522 g/mol. The number of hydrogen-bond acceptors (Lipinski definition) is 7. The van der Waals surface area contributed by atoms with E-state index in [1.54, 1.807) is 13.0 Å². The largest absolute Gasteiger partial charge is 0.362 e. The minimum Gasteiger partial charge on any atom is -0.362 e. The number of Topliss-reactive ketones (excluding diaryl/α,β-unsaturated/α-hetero) is 1. The molecule has 1 amide bonds. The molecule has 2 aromatic carbocycles. The van der Waals surface area contributed by atoms with E-state index in [1.807, 2.05) is 38.1 Å². The lowest BCUT2D eigenvalue weighted by molar-refractivity contribution is -0.384. The summed E-state index contributed by atoms with van der Waals surface area (Å²) in [5.74, 6) is -1.30. The third-order valence-electron chi connectivity index (χ3n) is 6.50. The van der Waals surface area contributed by atoms with Crippen LogP contribution < -0.4 is 10.6 Å². The number of halogens is 1. The predicted molar refractivity (Wildman–Crippen MR) is 140 cm³/mol. The van der Waals surface area contributed by atoms with Crippen molar-refractivity contribution in [3.63, 3.8) is 0 Å². The number of carbonyl (C=O) groups excluding carboxylic acids is 2. The van der Waals surface area contributed by atoms with Gasteiger partial charge >= 0.3 is 0 Å². The molecule has 10 heteroatoms. The summed E-state index contributed by atoms with van der Waals surface area (Å²) in [5, 5.41) is 18.2. The van der Waals surface area contributed by atoms with Crippen molar-refractivity contribution in [3.05, 3.63) is 85.7 Å². The fourth-order valence-corrected chi connectivity index (χ4v) is 6.06. The molecule has 5 rings (SSSR count). The molecule has 2 heterocycles. The number of amides is 1. The lowest BCUT2D eigenvalue weighted by Gasteiger charge is -2.39. The first kappa shape index (κ1) is 24.1. The number of allylic oxidation sites excluding steroid dienone is 3. The number of thiazole rings is 1. The quantitative estimate of drug-likeness (QED) is 0.316. The third kappa shape index (κ3) is 4.29. The zero-order chi connectivity index (χ0) is 25.8. The van der Waals surface area contributed by atoms with Crippen LogP contribution in [0.4, 0.5) is 10.8 Å². The summed E-state index contributed by atoms with van der Waals surface area (Å²) in [6.45, 7) is 5.82. The van der Waals surface area contributed by atoms with Gasteiger partial charge in [0.15, 0.2) is 10.9 Å². The van der Waals surface area contributed by atoms with E-state index in [0.29, 0.717) is 40.4 Å². The molecule has 1 atom stereocenters. The van der Waals surface area contributed by atoms with Gasteiger partial charge in [0.05, 0.1) is 15.1 Å². The van der Waals surface area contributed by atoms with Gasteiger partial charge in [0.1, 0.15) is 5.02 Å². The maximum Gasteiger partial charge on any atom is 0.288 e. The second kappa shape index (κ2) is 8.83. The first-order valence-corrected chi connectivity index (χ1v) is 12.6. The number of para-hydroxylation sites is 1. The number of anilines is 1. The third-order valence-corrected chi connectivity index (χ3v) is 7.77. The van der Waals surface area contributed by atoms with Gasteiger partial charge in [0.2, 0.25) is 0 Å². The Morgan fingerprint density at radius 2 is 2.00 bits per heavy atom. The Balaban J connectivity index is 1.62. The lowest BCUT2D eigenvalue weighted by Crippen LogP contribution is -2.39. The molecule has 3 aromatic rings. The molecule has 2 aliphatic rings. The van der Waals surface area contributed by atoms with E-state index >= 15 is 0 Å². The molecule has 8 nitrogen and oxygen atoms in total. The van der Waals surface area contributed by atoms with Crippen LogP contribution in [0.3, 0.4) is 0 Å². The van der Waals surface area contributed by atoms with Gasteiger partial charge in [-0.25, -0.2) is 4.98 Å². The second-order valence-electron chi connectivity index (χ2n) is 9.84. The zero-order valence-electron chi connectivity index (χ0n) is 19.8. The number of ketones is 1. The Hall–Kier alpha value is -3.56. The van der Waals surface area contributed by atoms with Gasteiger partial charge in [-0.05, 0) is 42.5 Å². The van der Waals surface area contributed by atoms with Crippen LogP contribution in [-0.2, 0) is 9.59 Å². The minimum atomic E-state index is -0.782. The lowest BCUT2D eigenvalue weighted by atomic mass is 9.68. The fraction of sp³-hybridized carbons (Fsp3) is 0.269. The number of nitrogens with one attached hydrogen (secondary N) is 2. The van der Waals surface area contributed by atoms with Crippen molar-refractivity contribution in [1.29, 1.82) is 0 Å². The Morgan fingerprint density at radius 1 is 1.25 bits per heavy atom. The van der Waals surface area contributed by atoms with Crippen molar-refractivity contribution < 1.29 is 14.5 Å². The summed E-state index contributed by atoms with van der Waals surface area (Å²) in [6.07, 6.45) is 0.926. The van der Waals surface area contributed by atoms with E-state index in [9.17, 15) is 19.7 Å². The van der Waals surface area contributed by atoms with Crippen LogP contribution in [0.25, 0.3) is 10.2 Å². The van der Waals surface area contributed by atoms with Crippen LogP contribution in [0.1, 0.15) is 45.1 Å². The van der Waals surface area contributed by atoms with E-state index in [1.165, 1.54) is 23.5 Å². The molecule has 0 saturated heterocycles. The SMILES string of the molecule is CC1=C(C(=O)Nc2nc3ccccc3s2)[C@H](c2ccc(Cl)c([N+](=O)[O-])c2)C2=C(CC(C)(C)CC2=O)N1. The molecule has 0 unspecified atom stereocenters. The van der Waals surface area contributed by atoms with E-state index < -0.39 is 16.7 Å². The maximum absolute atomic E-state index is 13.7. The van der Waals surface area contributed by atoms with Gasteiger partial charge in [-0.3, -0.25) is 25.0 Å². The summed E-state index contributed by atoms with van der Waals surface area (Å²) in [4.78, 5) is 42.7. The van der Waals surface area contributed by atoms with Gasteiger partial charge in [-0.15, -0.1) is 0 Å². The number of carbonyl (C=O) groups is 2. The van der Waals surface area contributed by atoms with Gasteiger partial charge < -0.3 is 5.32 Å². The molecule has 0 spiro atoms. The van der Waals surface area contributed by atoms with Crippen molar-refractivity contribution in [2.75, 3.05) is 5.32 Å². The molecule has 0 bridgehead atoms. The number of dihydropyridines is 1. The Kier molecular flexibility index (Phi) is 5.92. The van der Waals surface area contributed by atoms with Gasteiger partial charge in [0, 0.05) is 40.9 Å². The number of benzene rings is 2. The zero-order valence-corrected chi connectivity index (χ0v) is 21.4. The Labute approximate surface area is 216 Å².